The average molecular weight is 1200 g/mol. The third-order valence-electron chi connectivity index (χ3n) is 17.1. The summed E-state index contributed by atoms with van der Waals surface area (Å²) >= 11 is 0. The van der Waals surface area contributed by atoms with Crippen LogP contribution >= 0.6 is 0 Å². The third kappa shape index (κ3) is 18.8. The Morgan fingerprint density at radius 2 is 0.885 bits per heavy atom. The number of carbonyl (C=O) groups is 1. The van der Waals surface area contributed by atoms with Crippen LogP contribution < -0.4 is 0 Å². The number of esters is 1. The van der Waals surface area contributed by atoms with Crippen LogP contribution in [-0.2, 0) is 104 Å². The minimum Gasteiger partial charge on any atom is -0.454 e. The molecule has 10 rings (SSSR count). The highest BCUT2D eigenvalue weighted by Crippen LogP contribution is 2.43. The standard InChI is InChI=1S/C72H94O15/c1-6-7-18-41-57-42-29-11-9-8-10-12-30-43-59(73)83-66-63(77-47-55-37-25-16-26-38-55)60(75-45-53-33-21-14-22-34-53)50(2)79-70(66)84-67-64(78-48-56-39-27-17-28-40-56)62(76-46-54-35-23-15-24-36-54)58(49-74-44-52-31-19-13-20-32-52)82-71(67)85-68-65-61(86-72(4,5)87-65)51(3)80-69(68)81-57/h13-17,19-28,31-40,50-51,57-58,60-71H,6-12,18,29-30,41-49H2,1-5H3/t50-,51-,57+,58-,60-,61+,62-,63+,64+,65+,66+,67-,68+,69-,70-,71+/m1/s1. The molecule has 5 fully saturated rings. The molecular formula is C72H94O15. The molecule has 0 amide bonds. The van der Waals surface area contributed by atoms with E-state index in [0.717, 1.165) is 98.4 Å². The van der Waals surface area contributed by atoms with Crippen molar-refractivity contribution in [2.75, 3.05) is 6.61 Å². The number of hydrogen-bond donors (Lipinski definition) is 0. The molecule has 0 bridgehead atoms. The van der Waals surface area contributed by atoms with Crippen molar-refractivity contribution in [2.45, 2.75) is 255 Å². The lowest BCUT2D eigenvalue weighted by Gasteiger charge is -2.51. The largest absolute Gasteiger partial charge is 0.454 e. The normalized spacial score (nSPS) is 31.9. The van der Waals surface area contributed by atoms with Gasteiger partial charge in [0.25, 0.3) is 0 Å². The number of rotatable bonds is 20. The Bertz CT molecular complexity index is 2720. The Morgan fingerprint density at radius 3 is 1.45 bits per heavy atom. The van der Waals surface area contributed by atoms with E-state index < -0.39 is 104 Å². The lowest BCUT2D eigenvalue weighted by Crippen LogP contribution is -2.67. The maximum absolute atomic E-state index is 14.6. The zero-order valence-corrected chi connectivity index (χ0v) is 51.7. The zero-order valence-electron chi connectivity index (χ0n) is 51.7. The van der Waals surface area contributed by atoms with Gasteiger partial charge in [0.05, 0.1) is 58.0 Å². The van der Waals surface area contributed by atoms with Crippen LogP contribution in [0.2, 0.25) is 0 Å². The topological polar surface area (TPSA) is 146 Å². The molecule has 87 heavy (non-hydrogen) atoms. The van der Waals surface area contributed by atoms with Gasteiger partial charge in [-0.25, -0.2) is 0 Å². The monoisotopic (exact) mass is 1200 g/mol. The smallest absolute Gasteiger partial charge is 0.306 e. The molecule has 5 heterocycles. The highest BCUT2D eigenvalue weighted by Gasteiger charge is 2.60. The first-order valence-electron chi connectivity index (χ1n) is 32.3. The van der Waals surface area contributed by atoms with Crippen molar-refractivity contribution in [3.8, 4) is 0 Å². The molecule has 0 aliphatic carbocycles. The molecule has 0 unspecified atom stereocenters. The van der Waals surface area contributed by atoms with Crippen LogP contribution in [0.3, 0.4) is 0 Å². The summed E-state index contributed by atoms with van der Waals surface area (Å²) in [5.74, 6) is -1.38. The van der Waals surface area contributed by atoms with Gasteiger partial charge in [0.15, 0.2) is 30.8 Å². The first-order valence-corrected chi connectivity index (χ1v) is 32.3. The van der Waals surface area contributed by atoms with Crippen molar-refractivity contribution >= 4 is 5.97 Å². The Hall–Kier alpha value is -4.95. The van der Waals surface area contributed by atoms with E-state index in [-0.39, 0.29) is 45.6 Å². The maximum Gasteiger partial charge on any atom is 0.306 e. The summed E-state index contributed by atoms with van der Waals surface area (Å²) in [6.45, 7) is 11.2. The van der Waals surface area contributed by atoms with Crippen LogP contribution in [0.25, 0.3) is 0 Å². The minimum absolute atomic E-state index is 0.0789. The molecule has 5 aromatic rings. The van der Waals surface area contributed by atoms with Crippen LogP contribution in [0.4, 0.5) is 0 Å². The van der Waals surface area contributed by atoms with E-state index in [1.807, 2.05) is 179 Å². The second-order valence-corrected chi connectivity index (χ2v) is 24.5. The molecule has 0 spiro atoms. The number of carbonyl (C=O) groups excluding carboxylic acids is 1. The van der Waals surface area contributed by atoms with Crippen LogP contribution in [0.1, 0.15) is 146 Å². The van der Waals surface area contributed by atoms with Crippen molar-refractivity contribution in [2.24, 2.45) is 0 Å². The first-order chi connectivity index (χ1) is 42.6. The van der Waals surface area contributed by atoms with Gasteiger partial charge >= 0.3 is 5.97 Å². The van der Waals surface area contributed by atoms with Crippen molar-refractivity contribution in [1.82, 2.24) is 0 Å². The van der Waals surface area contributed by atoms with Gasteiger partial charge in [-0.3, -0.25) is 4.79 Å². The second-order valence-electron chi connectivity index (χ2n) is 24.5. The first kappa shape index (κ1) is 65.0. The molecule has 5 aliphatic heterocycles. The van der Waals surface area contributed by atoms with E-state index in [1.54, 1.807) is 0 Å². The van der Waals surface area contributed by atoms with Gasteiger partial charge < -0.3 is 66.3 Å². The number of ether oxygens (including phenoxy) is 14. The predicted molar refractivity (Wildman–Crippen MR) is 328 cm³/mol. The Kier molecular flexibility index (Phi) is 24.8. The minimum atomic E-state index is -1.30. The van der Waals surface area contributed by atoms with Crippen LogP contribution in [-0.4, -0.2) is 117 Å². The van der Waals surface area contributed by atoms with Gasteiger partial charge in [0, 0.05) is 6.42 Å². The lowest BCUT2D eigenvalue weighted by molar-refractivity contribution is -0.397. The van der Waals surface area contributed by atoms with E-state index in [0.29, 0.717) is 13.0 Å². The van der Waals surface area contributed by atoms with E-state index >= 15 is 0 Å². The van der Waals surface area contributed by atoms with Gasteiger partial charge in [-0.05, 0) is 74.8 Å². The fraction of sp³-hybridized carbons (Fsp3) is 0.569. The van der Waals surface area contributed by atoms with Crippen molar-refractivity contribution < 1.29 is 71.1 Å². The van der Waals surface area contributed by atoms with Crippen LogP contribution in [0.15, 0.2) is 152 Å². The van der Waals surface area contributed by atoms with Crippen molar-refractivity contribution in [3.63, 3.8) is 0 Å². The quantitative estimate of drug-likeness (QED) is 0.0537. The fourth-order valence-corrected chi connectivity index (χ4v) is 12.6. The molecule has 15 heteroatoms. The molecule has 5 aromatic carbocycles. The second kappa shape index (κ2) is 33.2. The molecule has 16 atom stereocenters. The average Bonchev–Trinajstić information content (AvgIpc) is 2.01. The van der Waals surface area contributed by atoms with E-state index in [4.69, 9.17) is 66.3 Å². The van der Waals surface area contributed by atoms with Gasteiger partial charge in [-0.2, -0.15) is 0 Å². The van der Waals surface area contributed by atoms with E-state index in [2.05, 4.69) is 6.92 Å². The van der Waals surface area contributed by atoms with E-state index in [9.17, 15) is 4.79 Å². The van der Waals surface area contributed by atoms with Crippen molar-refractivity contribution in [1.29, 1.82) is 0 Å². The predicted octanol–water partition coefficient (Wildman–Crippen LogP) is 13.5. The molecule has 0 radical (unpaired) electrons. The summed E-state index contributed by atoms with van der Waals surface area (Å²) in [7, 11) is 0. The zero-order chi connectivity index (χ0) is 60.2. The highest BCUT2D eigenvalue weighted by atomic mass is 16.8. The number of benzene rings is 5. The summed E-state index contributed by atoms with van der Waals surface area (Å²) in [6, 6.07) is 50.0. The molecule has 0 saturated carbocycles. The number of hydrogen-bond acceptors (Lipinski definition) is 15. The molecule has 472 valence electrons. The number of fused-ring (bicyclic) bond motifs is 5. The Labute approximate surface area is 516 Å². The fourth-order valence-electron chi connectivity index (χ4n) is 12.6. The third-order valence-corrected chi connectivity index (χ3v) is 17.1. The Balaban J connectivity index is 1.10. The van der Waals surface area contributed by atoms with E-state index in [1.165, 1.54) is 0 Å². The molecular weight excluding hydrogens is 1100 g/mol. The molecule has 5 aliphatic rings. The van der Waals surface area contributed by atoms with Gasteiger partial charge in [-0.1, -0.05) is 216 Å². The summed E-state index contributed by atoms with van der Waals surface area (Å²) in [5.41, 5.74) is 4.76. The summed E-state index contributed by atoms with van der Waals surface area (Å²) in [6.07, 6.45) is -1.56. The molecule has 0 N–H and O–H groups in total. The lowest BCUT2D eigenvalue weighted by atomic mass is 9.95. The maximum atomic E-state index is 14.6. The number of unbranched alkanes of at least 4 members (excludes halogenated alkanes) is 2. The highest BCUT2D eigenvalue weighted by molar-refractivity contribution is 5.69. The Morgan fingerprint density at radius 1 is 0.437 bits per heavy atom. The molecule has 0 aromatic heterocycles. The SMILES string of the molecule is CCCCC[C@H]1CCCCCCCCCC(=O)O[C@@H]2[C@@H](O[C@H]3[C@H](O[C@@H]4[C@@H](O1)O[C@H](C)[C@@H]1OC(C)(C)O[C@H]41)O[C@H](COCc1ccccc1)[C@@H](OCc1ccccc1)[C@@H]3OCc1ccccc1)O[C@H](C)[C@@H](OCc1ccccc1)[C@@H]2OCc1ccccc1. The summed E-state index contributed by atoms with van der Waals surface area (Å²) < 4.78 is 99.5. The van der Waals surface area contributed by atoms with Crippen molar-refractivity contribution in [3.05, 3.63) is 179 Å². The van der Waals surface area contributed by atoms with Gasteiger partial charge in [0.1, 0.15) is 54.9 Å². The molecule has 5 saturated heterocycles. The summed E-state index contributed by atoms with van der Waals surface area (Å²) in [4.78, 5) is 14.6. The van der Waals surface area contributed by atoms with Crippen LogP contribution in [0.5, 0.6) is 0 Å². The van der Waals surface area contributed by atoms with Crippen LogP contribution in [0, 0.1) is 0 Å². The molecule has 15 nitrogen and oxygen atoms in total. The van der Waals surface area contributed by atoms with Gasteiger partial charge in [0.2, 0.25) is 0 Å². The van der Waals surface area contributed by atoms with Gasteiger partial charge in [-0.15, -0.1) is 0 Å². The summed E-state index contributed by atoms with van der Waals surface area (Å²) in [5, 5.41) is 0.